The van der Waals surface area contributed by atoms with E-state index in [2.05, 4.69) is 4.74 Å². The molecule has 0 N–H and O–H groups in total. The van der Waals surface area contributed by atoms with E-state index in [1.807, 2.05) is 0 Å². The molecule has 1 heterocycles. The maximum absolute atomic E-state index is 14.6. The number of anilines is 1. The summed E-state index contributed by atoms with van der Waals surface area (Å²) in [5.41, 5.74) is -7.27. The predicted octanol–water partition coefficient (Wildman–Crippen LogP) is 7.92. The van der Waals surface area contributed by atoms with Crippen LogP contribution in [0.4, 0.5) is 45.2 Å². The van der Waals surface area contributed by atoms with Crippen LogP contribution in [0, 0.1) is 17.5 Å². The Morgan fingerprint density at radius 2 is 1.39 bits per heavy atom. The highest BCUT2D eigenvalue weighted by Crippen LogP contribution is 2.54. The number of carbonyl (C=O) groups excluding carboxylic acids is 1. The van der Waals surface area contributed by atoms with Gasteiger partial charge in [-0.2, -0.15) is 26.3 Å². The van der Waals surface area contributed by atoms with Crippen LogP contribution in [0.5, 0.6) is 0 Å². The Balaban J connectivity index is 1.61. The number of hydrogen-bond acceptors (Lipinski definition) is 5. The fourth-order valence-corrected chi connectivity index (χ4v) is 8.18. The molecular weight excluding hydrogens is 715 g/mol. The zero-order valence-electron chi connectivity index (χ0n) is 26.8. The minimum atomic E-state index is -6.23. The molecule has 1 fully saturated rings. The first kappa shape index (κ1) is 37.7. The van der Waals surface area contributed by atoms with E-state index in [1.54, 1.807) is 37.2 Å². The first-order valence-electron chi connectivity index (χ1n) is 15.1. The minimum Gasteiger partial charge on any atom is -0.378 e. The van der Waals surface area contributed by atoms with Gasteiger partial charge in [-0.25, -0.2) is 21.6 Å². The predicted molar refractivity (Wildman–Crippen MR) is 168 cm³/mol. The van der Waals surface area contributed by atoms with Crippen molar-refractivity contribution in [3.63, 3.8) is 0 Å². The molecule has 1 aliphatic rings. The highest BCUT2D eigenvalue weighted by molar-refractivity contribution is 7.92. The van der Waals surface area contributed by atoms with E-state index < -0.39 is 85.1 Å². The molecule has 4 aromatic rings. The summed E-state index contributed by atoms with van der Waals surface area (Å²) in [6, 6.07) is 14.4. The third-order valence-corrected chi connectivity index (χ3v) is 11.4. The molecule has 0 bridgehead atoms. The number of likely N-dealkylation sites (tertiary alicyclic amines) is 1. The van der Waals surface area contributed by atoms with Crippen molar-refractivity contribution in [1.82, 2.24) is 4.90 Å². The fourth-order valence-electron chi connectivity index (χ4n) is 6.10. The maximum Gasteiger partial charge on any atom is 0.430 e. The summed E-state index contributed by atoms with van der Waals surface area (Å²) in [6.07, 6.45) is -12.8. The molecule has 1 unspecified atom stereocenters. The fraction of sp³-hybridized carbons (Fsp3) is 0.286. The Bertz CT molecular complexity index is 1980. The van der Waals surface area contributed by atoms with Crippen molar-refractivity contribution in [1.29, 1.82) is 0 Å². The maximum atomic E-state index is 14.6. The van der Waals surface area contributed by atoms with Crippen LogP contribution in [0.3, 0.4) is 0 Å². The SMILES string of the molecule is CN(C)c1cccc(C(=O)N2CCC(c3ccc(C(OCc4c(F)cccc4F)(C(F)(F)F)C(F)(F)F)cc3)(S(=O)(=O)c3ccc(F)cc3)C2)c1. The van der Waals surface area contributed by atoms with Crippen LogP contribution in [0.1, 0.15) is 33.5 Å². The van der Waals surface area contributed by atoms with Crippen molar-refractivity contribution >= 4 is 21.4 Å². The molecule has 0 spiro atoms. The molecule has 1 atom stereocenters. The van der Waals surface area contributed by atoms with Crippen molar-refractivity contribution in [3.05, 3.63) is 131 Å². The van der Waals surface area contributed by atoms with Crippen LogP contribution in [0.25, 0.3) is 0 Å². The highest BCUT2D eigenvalue weighted by Gasteiger charge is 2.73. The van der Waals surface area contributed by atoms with Crippen LogP contribution in [0.2, 0.25) is 0 Å². The van der Waals surface area contributed by atoms with Gasteiger partial charge in [-0.1, -0.05) is 36.4 Å². The Kier molecular flexibility index (Phi) is 9.99. The molecule has 0 radical (unpaired) electrons. The second kappa shape index (κ2) is 13.5. The van der Waals surface area contributed by atoms with Gasteiger partial charge >= 0.3 is 12.4 Å². The molecular formula is C35H29F9N2O4S. The quantitative estimate of drug-likeness (QED) is 0.129. The van der Waals surface area contributed by atoms with Gasteiger partial charge in [-0.15, -0.1) is 0 Å². The van der Waals surface area contributed by atoms with Crippen molar-refractivity contribution in [2.24, 2.45) is 0 Å². The Labute approximate surface area is 287 Å². The van der Waals surface area contributed by atoms with Crippen molar-refractivity contribution in [2.75, 3.05) is 32.1 Å². The smallest absolute Gasteiger partial charge is 0.378 e. The summed E-state index contributed by atoms with van der Waals surface area (Å²) in [6.45, 7) is -2.52. The lowest BCUT2D eigenvalue weighted by molar-refractivity contribution is -0.392. The summed E-state index contributed by atoms with van der Waals surface area (Å²) in [5.74, 6) is -4.24. The monoisotopic (exact) mass is 744 g/mol. The van der Waals surface area contributed by atoms with Crippen molar-refractivity contribution in [3.8, 4) is 0 Å². The lowest BCUT2D eigenvalue weighted by Crippen LogP contribution is -2.56. The van der Waals surface area contributed by atoms with Crippen LogP contribution >= 0.6 is 0 Å². The number of nitrogens with zero attached hydrogens (tertiary/aromatic N) is 2. The number of alkyl halides is 6. The number of ether oxygens (including phenoxy) is 1. The Morgan fingerprint density at radius 3 is 1.94 bits per heavy atom. The van der Waals surface area contributed by atoms with Gasteiger partial charge in [-0.3, -0.25) is 4.79 Å². The van der Waals surface area contributed by atoms with Gasteiger partial charge in [0, 0.05) is 49.6 Å². The van der Waals surface area contributed by atoms with Gasteiger partial charge < -0.3 is 14.5 Å². The summed E-state index contributed by atoms with van der Waals surface area (Å²) in [4.78, 5) is 16.2. The van der Waals surface area contributed by atoms with E-state index in [9.17, 15) is 52.7 Å². The standard InChI is InChI=1S/C35H29F9N2O4S/c1-45(2)26-6-3-5-22(19-26)31(47)46-18-17-32(21-46,51(48,49)27-15-13-25(36)14-16-27)23-9-11-24(12-10-23)33(34(39,40)41,35(42,43)44)50-20-28-29(37)7-4-8-30(28)38/h3-16,19H,17-18,20-21H2,1-2H3. The van der Waals surface area contributed by atoms with Gasteiger partial charge in [0.15, 0.2) is 9.84 Å². The number of carbonyl (C=O) groups is 1. The molecule has 6 nitrogen and oxygen atoms in total. The third kappa shape index (κ3) is 6.66. The number of amides is 1. The largest absolute Gasteiger partial charge is 0.430 e. The highest BCUT2D eigenvalue weighted by atomic mass is 32.2. The van der Waals surface area contributed by atoms with Gasteiger partial charge in [0.1, 0.15) is 22.2 Å². The first-order valence-corrected chi connectivity index (χ1v) is 16.6. The number of benzene rings is 4. The van der Waals surface area contributed by atoms with E-state index >= 15 is 0 Å². The summed E-state index contributed by atoms with van der Waals surface area (Å²) in [5, 5.41) is 0. The number of sulfone groups is 1. The zero-order valence-corrected chi connectivity index (χ0v) is 27.6. The average Bonchev–Trinajstić information content (AvgIpc) is 3.53. The number of rotatable bonds is 9. The van der Waals surface area contributed by atoms with E-state index in [0.717, 1.165) is 42.5 Å². The molecule has 0 saturated carbocycles. The number of hydrogen-bond donors (Lipinski definition) is 0. The molecule has 1 aliphatic heterocycles. The molecule has 1 amide bonds. The molecule has 51 heavy (non-hydrogen) atoms. The number of halogens is 9. The normalized spacial score (nSPS) is 17.1. The van der Waals surface area contributed by atoms with Gasteiger partial charge in [0.2, 0.25) is 0 Å². The first-order chi connectivity index (χ1) is 23.7. The van der Waals surface area contributed by atoms with E-state index in [-0.39, 0.29) is 24.1 Å². The van der Waals surface area contributed by atoms with E-state index in [4.69, 9.17) is 0 Å². The summed E-state index contributed by atoms with van der Waals surface area (Å²) < 4.78 is 160. The lowest BCUT2D eigenvalue weighted by atomic mass is 9.88. The molecule has 5 rings (SSSR count). The summed E-state index contributed by atoms with van der Waals surface area (Å²) in [7, 11) is -1.16. The average molecular weight is 745 g/mol. The molecule has 0 aromatic heterocycles. The molecule has 16 heteroatoms. The van der Waals surface area contributed by atoms with E-state index in [1.165, 1.54) is 11.0 Å². The second-order valence-corrected chi connectivity index (χ2v) is 14.4. The molecule has 1 saturated heterocycles. The Morgan fingerprint density at radius 1 is 0.824 bits per heavy atom. The molecule has 0 aliphatic carbocycles. The van der Waals surface area contributed by atoms with Crippen molar-refractivity contribution < 1.29 is 57.5 Å². The molecule has 4 aromatic carbocycles. The van der Waals surface area contributed by atoms with Gasteiger partial charge in [-0.05, 0) is 66.6 Å². The van der Waals surface area contributed by atoms with Crippen LogP contribution in [-0.2, 0) is 31.5 Å². The van der Waals surface area contributed by atoms with Crippen molar-refractivity contribution in [2.45, 2.75) is 40.6 Å². The lowest BCUT2D eigenvalue weighted by Gasteiger charge is -2.38. The molecule has 272 valence electrons. The van der Waals surface area contributed by atoms with Crippen LogP contribution < -0.4 is 4.90 Å². The van der Waals surface area contributed by atoms with Gasteiger partial charge in [0.05, 0.1) is 11.5 Å². The summed E-state index contributed by atoms with van der Waals surface area (Å²) >= 11 is 0. The van der Waals surface area contributed by atoms with Crippen LogP contribution in [0.15, 0.2) is 95.9 Å². The van der Waals surface area contributed by atoms with Crippen LogP contribution in [-0.4, -0.2) is 58.8 Å². The zero-order chi connectivity index (χ0) is 37.6. The third-order valence-electron chi connectivity index (χ3n) is 8.88. The van der Waals surface area contributed by atoms with E-state index in [0.29, 0.717) is 30.0 Å². The topological polar surface area (TPSA) is 66.9 Å². The minimum absolute atomic E-state index is 0.181. The van der Waals surface area contributed by atoms with Gasteiger partial charge in [0.25, 0.3) is 11.5 Å². The Hall–Kier alpha value is -4.57. The second-order valence-electron chi connectivity index (χ2n) is 12.1.